The van der Waals surface area contributed by atoms with E-state index < -0.39 is 0 Å². The van der Waals surface area contributed by atoms with Crippen molar-refractivity contribution in [3.05, 3.63) is 198 Å². The zero-order valence-corrected chi connectivity index (χ0v) is 31.4. The molecule has 3 aliphatic carbocycles. The molecule has 2 unspecified atom stereocenters. The minimum Gasteiger partial charge on any atom is -0.460 e. The zero-order chi connectivity index (χ0) is 37.3. The molecule has 6 aromatic carbocycles. The standard InChI is InChI=1S/C52H40N2O2/c1-33-13-9-11-19-45(33)53(39-15-5-3-6-16-39)41-23-21-35-29-43-49(31-37(35)27-41)55-47-25-26-48-52(51(43)47)44-30-36-22-24-42(28-38(36)32-50(44)56-48)54(40-17-7-4-8-18-40)46-20-12-10-14-34(46)2/h3-13,15-31,34,38H,14,32H2,1-2H3. The van der Waals surface area contributed by atoms with E-state index in [1.165, 1.54) is 39.2 Å². The van der Waals surface area contributed by atoms with Gasteiger partial charge >= 0.3 is 0 Å². The highest BCUT2D eigenvalue weighted by atomic mass is 16.3. The smallest absolute Gasteiger partial charge is 0.136 e. The lowest BCUT2D eigenvalue weighted by molar-refractivity contribution is 0.520. The van der Waals surface area contributed by atoms with Crippen molar-refractivity contribution in [2.45, 2.75) is 26.7 Å². The molecule has 0 spiro atoms. The first kappa shape index (κ1) is 32.6. The van der Waals surface area contributed by atoms with Crippen LogP contribution >= 0.6 is 0 Å². The van der Waals surface area contributed by atoms with E-state index in [9.17, 15) is 0 Å². The summed E-state index contributed by atoms with van der Waals surface area (Å²) in [6.45, 7) is 4.49. The van der Waals surface area contributed by atoms with Crippen LogP contribution in [-0.2, 0) is 6.42 Å². The molecule has 11 rings (SSSR count). The molecule has 4 nitrogen and oxygen atoms in total. The highest BCUT2D eigenvalue weighted by molar-refractivity contribution is 6.22. The predicted octanol–water partition coefficient (Wildman–Crippen LogP) is 14.3. The van der Waals surface area contributed by atoms with Crippen LogP contribution in [0.1, 0.15) is 30.2 Å². The Hall–Kier alpha value is -6.78. The van der Waals surface area contributed by atoms with Gasteiger partial charge in [0.05, 0.1) is 0 Å². The Kier molecular flexibility index (Phi) is 7.53. The van der Waals surface area contributed by atoms with Crippen molar-refractivity contribution in [2.75, 3.05) is 9.80 Å². The Morgan fingerprint density at radius 1 is 0.643 bits per heavy atom. The van der Waals surface area contributed by atoms with Crippen molar-refractivity contribution < 1.29 is 8.83 Å². The minimum absolute atomic E-state index is 0.217. The number of anilines is 4. The van der Waals surface area contributed by atoms with Crippen molar-refractivity contribution >= 4 is 72.5 Å². The Morgan fingerprint density at radius 3 is 2.18 bits per heavy atom. The number of rotatable bonds is 6. The fourth-order valence-corrected chi connectivity index (χ4v) is 9.08. The van der Waals surface area contributed by atoms with Gasteiger partial charge in [-0.2, -0.15) is 0 Å². The monoisotopic (exact) mass is 724 g/mol. The van der Waals surface area contributed by atoms with E-state index in [4.69, 9.17) is 8.83 Å². The molecule has 3 aliphatic rings. The summed E-state index contributed by atoms with van der Waals surface area (Å²) in [6, 6.07) is 45.3. The molecule has 2 atom stereocenters. The van der Waals surface area contributed by atoms with E-state index in [0.717, 1.165) is 74.0 Å². The van der Waals surface area contributed by atoms with Crippen molar-refractivity contribution in [3.8, 4) is 0 Å². The molecule has 56 heavy (non-hydrogen) atoms. The number of fused-ring (bicyclic) bond motifs is 9. The first-order valence-corrected chi connectivity index (χ1v) is 19.7. The molecule has 2 aromatic heterocycles. The van der Waals surface area contributed by atoms with E-state index >= 15 is 0 Å². The number of furan rings is 2. The summed E-state index contributed by atoms with van der Waals surface area (Å²) in [5, 5.41) is 5.66. The third-order valence-corrected chi connectivity index (χ3v) is 11.9. The van der Waals surface area contributed by atoms with Crippen molar-refractivity contribution in [2.24, 2.45) is 11.8 Å². The van der Waals surface area contributed by atoms with Gasteiger partial charge in [-0.1, -0.05) is 91.9 Å². The molecule has 0 fully saturated rings. The second-order valence-corrected chi connectivity index (χ2v) is 15.4. The van der Waals surface area contributed by atoms with E-state index in [1.807, 2.05) is 0 Å². The summed E-state index contributed by atoms with van der Waals surface area (Å²) in [5.41, 5.74) is 13.4. The molecule has 0 amide bonds. The lowest BCUT2D eigenvalue weighted by atomic mass is 9.82. The third kappa shape index (κ3) is 5.28. The molecule has 0 radical (unpaired) electrons. The van der Waals surface area contributed by atoms with E-state index in [-0.39, 0.29) is 5.92 Å². The number of hydrogen-bond acceptors (Lipinski definition) is 4. The van der Waals surface area contributed by atoms with Gasteiger partial charge in [-0.3, -0.25) is 0 Å². The van der Waals surface area contributed by atoms with Crippen LogP contribution in [0.5, 0.6) is 0 Å². The second kappa shape index (κ2) is 12.9. The highest BCUT2D eigenvalue weighted by Crippen LogP contribution is 2.46. The second-order valence-electron chi connectivity index (χ2n) is 15.4. The van der Waals surface area contributed by atoms with E-state index in [1.54, 1.807) is 0 Å². The molecule has 0 saturated heterocycles. The van der Waals surface area contributed by atoms with Gasteiger partial charge in [0.1, 0.15) is 22.5 Å². The van der Waals surface area contributed by atoms with Gasteiger partial charge in [-0.05, 0) is 120 Å². The van der Waals surface area contributed by atoms with Crippen LogP contribution in [0, 0.1) is 18.8 Å². The van der Waals surface area contributed by atoms with Crippen molar-refractivity contribution in [3.63, 3.8) is 0 Å². The Labute approximate surface area is 326 Å². The van der Waals surface area contributed by atoms with Crippen LogP contribution in [0.25, 0.3) is 49.8 Å². The molecule has 0 bridgehead atoms. The molecule has 0 N–H and O–H groups in total. The molecule has 4 heteroatoms. The van der Waals surface area contributed by atoms with Gasteiger partial charge in [0.15, 0.2) is 0 Å². The van der Waals surface area contributed by atoms with Crippen LogP contribution in [0.3, 0.4) is 0 Å². The number of hydrogen-bond donors (Lipinski definition) is 0. The molecule has 0 saturated carbocycles. The van der Waals surface area contributed by atoms with Gasteiger partial charge in [0, 0.05) is 74.1 Å². The fraction of sp³-hybridized carbons (Fsp3) is 0.115. The number of nitrogens with zero attached hydrogens (tertiary/aromatic N) is 2. The summed E-state index contributed by atoms with van der Waals surface area (Å²) < 4.78 is 13.4. The number of benzene rings is 6. The van der Waals surface area contributed by atoms with Gasteiger partial charge in [-0.15, -0.1) is 0 Å². The lowest BCUT2D eigenvalue weighted by Crippen LogP contribution is -2.28. The molecular weight excluding hydrogens is 685 g/mol. The molecular formula is C52H40N2O2. The predicted molar refractivity (Wildman–Crippen MR) is 233 cm³/mol. The maximum atomic E-state index is 6.72. The molecule has 2 heterocycles. The number of para-hydroxylation sites is 3. The van der Waals surface area contributed by atoms with Gasteiger partial charge < -0.3 is 18.6 Å². The Morgan fingerprint density at radius 2 is 1.39 bits per heavy atom. The first-order valence-electron chi connectivity index (χ1n) is 19.7. The van der Waals surface area contributed by atoms with Crippen LogP contribution < -0.4 is 9.80 Å². The molecule has 8 aromatic rings. The largest absolute Gasteiger partial charge is 0.460 e. The average molecular weight is 725 g/mol. The normalized spacial score (nSPS) is 17.5. The van der Waals surface area contributed by atoms with Crippen LogP contribution in [0.2, 0.25) is 0 Å². The van der Waals surface area contributed by atoms with E-state index in [0.29, 0.717) is 5.92 Å². The summed E-state index contributed by atoms with van der Waals surface area (Å²) >= 11 is 0. The van der Waals surface area contributed by atoms with Crippen LogP contribution in [-0.4, -0.2) is 0 Å². The van der Waals surface area contributed by atoms with Crippen LogP contribution in [0.4, 0.5) is 22.7 Å². The van der Waals surface area contributed by atoms with Gasteiger partial charge in [0.2, 0.25) is 0 Å². The topological polar surface area (TPSA) is 32.8 Å². The molecule has 270 valence electrons. The van der Waals surface area contributed by atoms with Gasteiger partial charge in [-0.25, -0.2) is 0 Å². The Balaban J connectivity index is 1.000. The maximum absolute atomic E-state index is 6.72. The first-order chi connectivity index (χ1) is 27.6. The quantitative estimate of drug-likeness (QED) is 0.171. The van der Waals surface area contributed by atoms with Gasteiger partial charge in [0.25, 0.3) is 0 Å². The summed E-state index contributed by atoms with van der Waals surface area (Å²) in [7, 11) is 0. The number of aryl methyl sites for hydroxylation is 1. The van der Waals surface area contributed by atoms with Crippen molar-refractivity contribution in [1.82, 2.24) is 0 Å². The summed E-state index contributed by atoms with van der Waals surface area (Å²) in [5.74, 6) is 1.67. The molecule has 0 aliphatic heterocycles. The summed E-state index contributed by atoms with van der Waals surface area (Å²) in [4.78, 5) is 4.77. The SMILES string of the molecule is Cc1ccccc1N(c1ccccc1)c1ccc2cc3c(cc2c1)oc1ccc2oc4c(c2c13)C=C1C=CC(N(C2=CC=CCC2C)c2ccccc2)=CC1C4. The zero-order valence-electron chi connectivity index (χ0n) is 31.4. The third-order valence-electron chi connectivity index (χ3n) is 11.9. The lowest BCUT2D eigenvalue weighted by Gasteiger charge is -2.35. The minimum atomic E-state index is 0.217. The number of allylic oxidation sites excluding steroid dienone is 8. The van der Waals surface area contributed by atoms with E-state index in [2.05, 4.69) is 194 Å². The fourth-order valence-electron chi connectivity index (χ4n) is 9.08. The Bertz CT molecular complexity index is 3010. The van der Waals surface area contributed by atoms with Crippen LogP contribution in [0.15, 0.2) is 190 Å². The summed E-state index contributed by atoms with van der Waals surface area (Å²) in [6.07, 6.45) is 18.0. The van der Waals surface area contributed by atoms with Crippen molar-refractivity contribution in [1.29, 1.82) is 0 Å². The average Bonchev–Trinajstić information content (AvgIpc) is 3.78. The maximum Gasteiger partial charge on any atom is 0.136 e. The highest BCUT2D eigenvalue weighted by Gasteiger charge is 2.30.